The van der Waals surface area contributed by atoms with Gasteiger partial charge in [-0.05, 0) is 55.2 Å². The second-order valence-corrected chi connectivity index (χ2v) is 8.02. The van der Waals surface area contributed by atoms with Crippen LogP contribution < -0.4 is 21.5 Å². The van der Waals surface area contributed by atoms with Gasteiger partial charge in [0.2, 0.25) is 5.91 Å². The van der Waals surface area contributed by atoms with Crippen molar-refractivity contribution in [2.45, 2.75) is 25.9 Å². The Morgan fingerprint density at radius 3 is 2.59 bits per heavy atom. The number of anilines is 3. The van der Waals surface area contributed by atoms with Crippen LogP contribution in [0.2, 0.25) is 0 Å². The van der Waals surface area contributed by atoms with Crippen molar-refractivity contribution in [3.8, 4) is 11.1 Å². The fourth-order valence-corrected chi connectivity index (χ4v) is 3.96. The summed E-state index contributed by atoms with van der Waals surface area (Å²) in [5.74, 6) is 0.691. The largest absolute Gasteiger partial charge is 0.393 e. The van der Waals surface area contributed by atoms with Crippen molar-refractivity contribution in [1.82, 2.24) is 14.8 Å². The molecule has 0 radical (unpaired) electrons. The number of primary amides is 1. The number of hydrogen-bond acceptors (Lipinski definition) is 7. The first-order valence-corrected chi connectivity index (χ1v) is 10.5. The molecule has 166 valence electrons. The number of aliphatic hydroxyl groups is 1. The fourth-order valence-electron chi connectivity index (χ4n) is 3.96. The number of carbonyl (C=O) groups is 1. The standard InChI is InChI=1S/C23H26N6O3/c1-14-17(4-3-5-18(14)22(24)31)15-12-19(23(32)28(2)13-15)25-20-6-7-21(27-26-20)29-10-8-16(30)9-11-29/h3-7,12-13,16,30H,8-11H2,1-2H3,(H2,24,31)(H,25,26). The summed E-state index contributed by atoms with van der Waals surface area (Å²) >= 11 is 0. The maximum atomic E-state index is 12.7. The Labute approximate surface area is 185 Å². The van der Waals surface area contributed by atoms with E-state index in [0.29, 0.717) is 29.9 Å². The number of amides is 1. The highest BCUT2D eigenvalue weighted by atomic mass is 16.3. The SMILES string of the molecule is Cc1c(C(N)=O)cccc1-c1cc(Nc2ccc(N3CCC(O)CC3)nn2)c(=O)n(C)c1. The minimum atomic E-state index is -0.494. The summed E-state index contributed by atoms with van der Waals surface area (Å²) in [7, 11) is 1.67. The van der Waals surface area contributed by atoms with Gasteiger partial charge in [0, 0.05) is 37.5 Å². The number of aliphatic hydroxyl groups excluding tert-OH is 1. The molecule has 1 fully saturated rings. The molecule has 0 spiro atoms. The molecule has 0 saturated carbocycles. The van der Waals surface area contributed by atoms with Crippen LogP contribution in [0.5, 0.6) is 0 Å². The highest BCUT2D eigenvalue weighted by Gasteiger charge is 2.18. The fraction of sp³-hybridized carbons (Fsp3) is 0.304. The van der Waals surface area contributed by atoms with Crippen molar-refractivity contribution in [1.29, 1.82) is 0 Å². The molecule has 1 amide bonds. The molecule has 4 N–H and O–H groups in total. The quantitative estimate of drug-likeness (QED) is 0.560. The Balaban J connectivity index is 1.61. The molecule has 9 heteroatoms. The molecule has 0 atom stereocenters. The Morgan fingerprint density at radius 1 is 1.19 bits per heavy atom. The van der Waals surface area contributed by atoms with Crippen molar-refractivity contribution >= 4 is 23.2 Å². The van der Waals surface area contributed by atoms with E-state index in [-0.39, 0.29) is 11.7 Å². The lowest BCUT2D eigenvalue weighted by atomic mass is 9.97. The third-order valence-corrected chi connectivity index (χ3v) is 5.80. The second kappa shape index (κ2) is 8.80. The molecule has 3 aromatic rings. The van der Waals surface area contributed by atoms with Crippen LogP contribution in [-0.2, 0) is 7.05 Å². The summed E-state index contributed by atoms with van der Waals surface area (Å²) in [5.41, 5.74) is 8.39. The maximum absolute atomic E-state index is 12.7. The molecule has 0 aliphatic carbocycles. The number of benzene rings is 1. The van der Waals surface area contributed by atoms with Crippen LogP contribution in [-0.4, -0.2) is 45.0 Å². The summed E-state index contributed by atoms with van der Waals surface area (Å²) in [6.07, 6.45) is 2.89. The highest BCUT2D eigenvalue weighted by molar-refractivity contribution is 5.96. The molecule has 32 heavy (non-hydrogen) atoms. The first-order valence-electron chi connectivity index (χ1n) is 10.5. The molecular weight excluding hydrogens is 408 g/mol. The van der Waals surface area contributed by atoms with Gasteiger partial charge in [-0.2, -0.15) is 0 Å². The highest BCUT2D eigenvalue weighted by Crippen LogP contribution is 2.27. The normalized spacial score (nSPS) is 14.4. The van der Waals surface area contributed by atoms with Gasteiger partial charge in [-0.15, -0.1) is 10.2 Å². The van der Waals surface area contributed by atoms with Crippen LogP contribution in [0.15, 0.2) is 47.4 Å². The van der Waals surface area contributed by atoms with Crippen molar-refractivity contribution in [2.75, 3.05) is 23.3 Å². The first-order chi connectivity index (χ1) is 15.3. The molecule has 1 aliphatic rings. The zero-order valence-electron chi connectivity index (χ0n) is 18.1. The van der Waals surface area contributed by atoms with Gasteiger partial charge in [0.05, 0.1) is 6.10 Å². The monoisotopic (exact) mass is 434 g/mol. The van der Waals surface area contributed by atoms with Crippen LogP contribution in [0, 0.1) is 6.92 Å². The van der Waals surface area contributed by atoms with Crippen LogP contribution in [0.4, 0.5) is 17.3 Å². The molecule has 2 aromatic heterocycles. The zero-order chi connectivity index (χ0) is 22.8. The number of nitrogens with one attached hydrogen (secondary N) is 1. The lowest BCUT2D eigenvalue weighted by Gasteiger charge is -2.30. The van der Waals surface area contributed by atoms with Gasteiger partial charge in [0.1, 0.15) is 5.69 Å². The van der Waals surface area contributed by atoms with E-state index in [2.05, 4.69) is 20.4 Å². The molecule has 3 heterocycles. The van der Waals surface area contributed by atoms with Crippen molar-refractivity contribution in [3.63, 3.8) is 0 Å². The summed E-state index contributed by atoms with van der Waals surface area (Å²) < 4.78 is 1.48. The first kappa shape index (κ1) is 21.5. The van der Waals surface area contributed by atoms with E-state index in [4.69, 9.17) is 5.73 Å². The molecule has 1 aliphatic heterocycles. The molecule has 9 nitrogen and oxygen atoms in total. The van der Waals surface area contributed by atoms with E-state index >= 15 is 0 Å². The Kier molecular flexibility index (Phi) is 5.91. The van der Waals surface area contributed by atoms with E-state index in [1.165, 1.54) is 4.57 Å². The van der Waals surface area contributed by atoms with Crippen molar-refractivity contribution in [2.24, 2.45) is 12.8 Å². The van der Waals surface area contributed by atoms with Gasteiger partial charge in [0.25, 0.3) is 5.56 Å². The van der Waals surface area contributed by atoms with Crippen molar-refractivity contribution < 1.29 is 9.90 Å². The average Bonchev–Trinajstić information content (AvgIpc) is 2.78. The van der Waals surface area contributed by atoms with Gasteiger partial charge in [-0.3, -0.25) is 9.59 Å². The van der Waals surface area contributed by atoms with E-state index in [1.54, 1.807) is 37.5 Å². The van der Waals surface area contributed by atoms with E-state index in [0.717, 1.165) is 35.6 Å². The summed E-state index contributed by atoms with van der Waals surface area (Å²) in [4.78, 5) is 26.5. The molecule has 1 saturated heterocycles. The second-order valence-electron chi connectivity index (χ2n) is 8.02. The number of hydrogen-bond donors (Lipinski definition) is 3. The number of nitrogens with zero attached hydrogens (tertiary/aromatic N) is 4. The predicted molar refractivity (Wildman–Crippen MR) is 123 cm³/mol. The van der Waals surface area contributed by atoms with Crippen LogP contribution in [0.1, 0.15) is 28.8 Å². The summed E-state index contributed by atoms with van der Waals surface area (Å²) in [6, 6.07) is 10.7. The Bertz CT molecular complexity index is 1200. The molecule has 0 unspecified atom stereocenters. The molecular formula is C23H26N6O3. The van der Waals surface area contributed by atoms with Gasteiger partial charge in [-0.1, -0.05) is 12.1 Å². The molecule has 4 rings (SSSR count). The lowest BCUT2D eigenvalue weighted by Crippen LogP contribution is -2.36. The maximum Gasteiger partial charge on any atom is 0.274 e. The minimum Gasteiger partial charge on any atom is -0.393 e. The third-order valence-electron chi connectivity index (χ3n) is 5.80. The number of aryl methyl sites for hydroxylation is 1. The number of aromatic nitrogens is 3. The smallest absolute Gasteiger partial charge is 0.274 e. The summed E-state index contributed by atoms with van der Waals surface area (Å²) in [6.45, 7) is 3.29. The van der Waals surface area contributed by atoms with Crippen LogP contribution >= 0.6 is 0 Å². The third kappa shape index (κ3) is 4.33. The number of pyridine rings is 1. The molecule has 1 aromatic carbocycles. The van der Waals surface area contributed by atoms with Crippen LogP contribution in [0.3, 0.4) is 0 Å². The van der Waals surface area contributed by atoms with E-state index in [9.17, 15) is 14.7 Å². The lowest BCUT2D eigenvalue weighted by molar-refractivity contribution is 0.0999. The van der Waals surface area contributed by atoms with Gasteiger partial charge >= 0.3 is 0 Å². The average molecular weight is 435 g/mol. The van der Waals surface area contributed by atoms with Gasteiger partial charge in [0.15, 0.2) is 11.6 Å². The Hall–Kier alpha value is -3.72. The van der Waals surface area contributed by atoms with Gasteiger partial charge in [-0.25, -0.2) is 0 Å². The number of carbonyl (C=O) groups excluding carboxylic acids is 1. The van der Waals surface area contributed by atoms with E-state index < -0.39 is 5.91 Å². The predicted octanol–water partition coefficient (Wildman–Crippen LogP) is 1.95. The number of rotatable bonds is 5. The Morgan fingerprint density at radius 2 is 1.94 bits per heavy atom. The topological polar surface area (TPSA) is 126 Å². The van der Waals surface area contributed by atoms with Crippen molar-refractivity contribution in [3.05, 3.63) is 64.1 Å². The zero-order valence-corrected chi connectivity index (χ0v) is 18.1. The summed E-state index contributed by atoms with van der Waals surface area (Å²) in [5, 5.41) is 21.2. The number of nitrogens with two attached hydrogens (primary N) is 1. The number of piperidine rings is 1. The van der Waals surface area contributed by atoms with Crippen LogP contribution in [0.25, 0.3) is 11.1 Å². The van der Waals surface area contributed by atoms with E-state index in [1.807, 2.05) is 19.1 Å². The molecule has 0 bridgehead atoms. The van der Waals surface area contributed by atoms with Gasteiger partial charge < -0.3 is 25.6 Å². The minimum absolute atomic E-state index is 0.214.